The average Bonchev–Trinajstić information content (AvgIpc) is 3.07. The standard InChI is InChI=1S/C24H15ClF3NO6/c25-13-1-5-15(6-2-13)34-17-9-10-19-18(11-17)22(23(32)33)20(12-21(30)31)29(19)14-3-7-16(8-4-14)35-24(26,27)28/h1-11H,12H2,(H,30,31)(H,32,33). The second-order valence-corrected chi connectivity index (χ2v) is 7.75. The van der Waals surface area contributed by atoms with E-state index in [2.05, 4.69) is 4.74 Å². The van der Waals surface area contributed by atoms with Gasteiger partial charge in [0.05, 0.1) is 17.5 Å². The van der Waals surface area contributed by atoms with Crippen LogP contribution < -0.4 is 9.47 Å². The number of carbonyl (C=O) groups is 2. The van der Waals surface area contributed by atoms with Gasteiger partial charge in [0, 0.05) is 21.8 Å². The summed E-state index contributed by atoms with van der Waals surface area (Å²) in [4.78, 5) is 23.7. The number of benzene rings is 3. The van der Waals surface area contributed by atoms with E-state index in [1.165, 1.54) is 22.8 Å². The molecule has 2 N–H and O–H groups in total. The largest absolute Gasteiger partial charge is 0.573 e. The average molecular weight is 506 g/mol. The molecule has 0 bridgehead atoms. The lowest BCUT2D eigenvalue weighted by molar-refractivity contribution is -0.274. The second-order valence-electron chi connectivity index (χ2n) is 7.31. The summed E-state index contributed by atoms with van der Waals surface area (Å²) in [5.74, 6) is -2.40. The van der Waals surface area contributed by atoms with Crippen LogP contribution in [0.25, 0.3) is 16.6 Å². The lowest BCUT2D eigenvalue weighted by Gasteiger charge is -2.13. The van der Waals surface area contributed by atoms with E-state index in [9.17, 15) is 33.0 Å². The fraction of sp³-hybridized carbons (Fsp3) is 0.0833. The predicted octanol–water partition coefficient (Wildman–Crippen LogP) is 6.30. The number of halogens is 4. The molecule has 0 saturated carbocycles. The van der Waals surface area contributed by atoms with Crippen molar-refractivity contribution in [1.82, 2.24) is 4.57 Å². The van der Waals surface area contributed by atoms with Gasteiger partial charge in [-0.3, -0.25) is 4.79 Å². The van der Waals surface area contributed by atoms with Gasteiger partial charge < -0.3 is 24.3 Å². The van der Waals surface area contributed by atoms with Gasteiger partial charge in [0.1, 0.15) is 17.2 Å². The van der Waals surface area contributed by atoms with Crippen molar-refractivity contribution in [3.8, 4) is 22.9 Å². The minimum atomic E-state index is -4.88. The molecule has 0 saturated heterocycles. The smallest absolute Gasteiger partial charge is 0.481 e. The third-order valence-corrected chi connectivity index (χ3v) is 5.20. The lowest BCUT2D eigenvalue weighted by Crippen LogP contribution is -2.17. The van der Waals surface area contributed by atoms with Crippen LogP contribution in [0.1, 0.15) is 16.1 Å². The number of aliphatic carboxylic acids is 1. The molecule has 0 unspecified atom stereocenters. The van der Waals surface area contributed by atoms with Gasteiger partial charge in [0.15, 0.2) is 0 Å². The van der Waals surface area contributed by atoms with Crippen molar-refractivity contribution < 1.29 is 42.4 Å². The van der Waals surface area contributed by atoms with E-state index < -0.39 is 30.5 Å². The minimum absolute atomic E-state index is 0.0619. The van der Waals surface area contributed by atoms with Crippen LogP contribution in [0.4, 0.5) is 13.2 Å². The van der Waals surface area contributed by atoms with Gasteiger partial charge in [-0.05, 0) is 66.7 Å². The molecule has 0 atom stereocenters. The van der Waals surface area contributed by atoms with Gasteiger partial charge in [-0.15, -0.1) is 13.2 Å². The fourth-order valence-corrected chi connectivity index (χ4v) is 3.79. The molecule has 1 aromatic heterocycles. The van der Waals surface area contributed by atoms with Gasteiger partial charge >= 0.3 is 18.3 Å². The summed E-state index contributed by atoms with van der Waals surface area (Å²) in [5, 5.41) is 20.0. The molecule has 0 spiro atoms. The Labute approximate surface area is 200 Å². The number of rotatable bonds is 7. The molecule has 0 radical (unpaired) electrons. The van der Waals surface area contributed by atoms with Crippen LogP contribution >= 0.6 is 11.6 Å². The number of hydrogen-bond acceptors (Lipinski definition) is 4. The van der Waals surface area contributed by atoms with Crippen LogP contribution in [0.2, 0.25) is 5.02 Å². The molecule has 7 nitrogen and oxygen atoms in total. The zero-order valence-electron chi connectivity index (χ0n) is 17.5. The van der Waals surface area contributed by atoms with Crippen LogP contribution in [0.5, 0.6) is 17.2 Å². The molecule has 0 aliphatic carbocycles. The minimum Gasteiger partial charge on any atom is -0.481 e. The molecule has 3 aromatic carbocycles. The molecule has 0 aliphatic rings. The van der Waals surface area contributed by atoms with Crippen LogP contribution in [0, 0.1) is 0 Å². The number of aromatic nitrogens is 1. The summed E-state index contributed by atoms with van der Waals surface area (Å²) in [6.07, 6.45) is -5.53. The number of carboxylic acids is 2. The number of hydrogen-bond donors (Lipinski definition) is 2. The molecule has 180 valence electrons. The summed E-state index contributed by atoms with van der Waals surface area (Å²) >= 11 is 5.87. The summed E-state index contributed by atoms with van der Waals surface area (Å²) in [6, 6.07) is 15.7. The maximum atomic E-state index is 12.5. The fourth-order valence-electron chi connectivity index (χ4n) is 3.67. The van der Waals surface area contributed by atoms with Gasteiger partial charge in [0.25, 0.3) is 0 Å². The van der Waals surface area contributed by atoms with Crippen LogP contribution in [0.15, 0.2) is 66.7 Å². The predicted molar refractivity (Wildman–Crippen MR) is 120 cm³/mol. The zero-order valence-corrected chi connectivity index (χ0v) is 18.3. The molecule has 0 fully saturated rings. The van der Waals surface area contributed by atoms with E-state index in [0.717, 1.165) is 12.1 Å². The highest BCUT2D eigenvalue weighted by molar-refractivity contribution is 6.30. The van der Waals surface area contributed by atoms with Crippen molar-refractivity contribution in [3.05, 3.63) is 83.0 Å². The SMILES string of the molecule is O=C(O)Cc1c(C(=O)O)c2cc(Oc3ccc(Cl)cc3)ccc2n1-c1ccc(OC(F)(F)F)cc1. The molecule has 4 rings (SSSR count). The highest BCUT2D eigenvalue weighted by Crippen LogP contribution is 2.35. The third-order valence-electron chi connectivity index (χ3n) is 4.95. The number of aromatic carboxylic acids is 1. The highest BCUT2D eigenvalue weighted by Gasteiger charge is 2.31. The maximum absolute atomic E-state index is 12.5. The van der Waals surface area contributed by atoms with Crippen molar-refractivity contribution in [2.24, 2.45) is 0 Å². The van der Waals surface area contributed by atoms with E-state index in [1.807, 2.05) is 0 Å². The monoisotopic (exact) mass is 505 g/mol. The molecule has 0 amide bonds. The first-order valence-electron chi connectivity index (χ1n) is 9.94. The van der Waals surface area contributed by atoms with Crippen LogP contribution in [-0.4, -0.2) is 33.1 Å². The first-order chi connectivity index (χ1) is 16.5. The van der Waals surface area contributed by atoms with Crippen LogP contribution in [0.3, 0.4) is 0 Å². The second kappa shape index (κ2) is 9.22. The Kier molecular flexibility index (Phi) is 6.31. The molecule has 35 heavy (non-hydrogen) atoms. The summed E-state index contributed by atoms with van der Waals surface area (Å²) in [7, 11) is 0. The van der Waals surface area contributed by atoms with Crippen molar-refractivity contribution in [2.45, 2.75) is 12.8 Å². The topological polar surface area (TPSA) is 98.0 Å². The van der Waals surface area contributed by atoms with E-state index in [4.69, 9.17) is 16.3 Å². The Bertz CT molecular complexity index is 1410. The molecule has 0 aliphatic heterocycles. The Hall–Kier alpha value is -4.18. The van der Waals surface area contributed by atoms with Gasteiger partial charge in [-0.1, -0.05) is 11.6 Å². The summed E-state index contributed by atoms with van der Waals surface area (Å²) in [5.41, 5.74) is 0.249. The normalized spacial score (nSPS) is 11.4. The Morgan fingerprint density at radius 1 is 0.886 bits per heavy atom. The third kappa shape index (κ3) is 5.33. The van der Waals surface area contributed by atoms with Crippen molar-refractivity contribution in [2.75, 3.05) is 0 Å². The highest BCUT2D eigenvalue weighted by atomic mass is 35.5. The van der Waals surface area contributed by atoms with Gasteiger partial charge in [0.2, 0.25) is 0 Å². The van der Waals surface area contributed by atoms with E-state index in [-0.39, 0.29) is 28.1 Å². The maximum Gasteiger partial charge on any atom is 0.573 e. The lowest BCUT2D eigenvalue weighted by atomic mass is 10.1. The van der Waals surface area contributed by atoms with Gasteiger partial charge in [-0.25, -0.2) is 4.79 Å². The van der Waals surface area contributed by atoms with Crippen molar-refractivity contribution in [1.29, 1.82) is 0 Å². The van der Waals surface area contributed by atoms with E-state index in [1.54, 1.807) is 36.4 Å². The molecular weight excluding hydrogens is 491 g/mol. The molecule has 11 heteroatoms. The molecule has 4 aromatic rings. The Morgan fingerprint density at radius 3 is 2.06 bits per heavy atom. The Morgan fingerprint density at radius 2 is 1.49 bits per heavy atom. The molecule has 1 heterocycles. The number of fused-ring (bicyclic) bond motifs is 1. The van der Waals surface area contributed by atoms with Gasteiger partial charge in [-0.2, -0.15) is 0 Å². The molecular formula is C24H15ClF3NO6. The zero-order chi connectivity index (χ0) is 25.3. The summed E-state index contributed by atoms with van der Waals surface area (Å²) < 4.78 is 48.6. The summed E-state index contributed by atoms with van der Waals surface area (Å²) in [6.45, 7) is 0. The van der Waals surface area contributed by atoms with Crippen molar-refractivity contribution in [3.63, 3.8) is 0 Å². The van der Waals surface area contributed by atoms with E-state index in [0.29, 0.717) is 16.3 Å². The van der Waals surface area contributed by atoms with Crippen molar-refractivity contribution >= 4 is 34.4 Å². The van der Waals surface area contributed by atoms with E-state index >= 15 is 0 Å². The number of alkyl halides is 3. The first kappa shape index (κ1) is 24.0. The number of carboxylic acid groups (broad SMARTS) is 2. The Balaban J connectivity index is 1.86. The number of ether oxygens (including phenoxy) is 2. The first-order valence-corrected chi connectivity index (χ1v) is 10.3. The van der Waals surface area contributed by atoms with Crippen LogP contribution in [-0.2, 0) is 11.2 Å². The number of nitrogens with zero attached hydrogens (tertiary/aromatic N) is 1. The quantitative estimate of drug-likeness (QED) is 0.306.